The Labute approximate surface area is 116 Å². The van der Waals surface area contributed by atoms with E-state index in [1.807, 2.05) is 23.9 Å². The summed E-state index contributed by atoms with van der Waals surface area (Å²) in [5, 5.41) is 3.65. The molecule has 1 aromatic carbocycles. The molecular formula is C15H25NOS. The second kappa shape index (κ2) is 8.44. The van der Waals surface area contributed by atoms with Gasteiger partial charge in [0.25, 0.3) is 0 Å². The molecular weight excluding hydrogens is 242 g/mol. The van der Waals surface area contributed by atoms with E-state index in [1.54, 1.807) is 7.11 Å². The van der Waals surface area contributed by atoms with Crippen LogP contribution in [0.2, 0.25) is 0 Å². The highest BCUT2D eigenvalue weighted by Crippen LogP contribution is 2.20. The second-order valence-electron chi connectivity index (χ2n) is 4.70. The zero-order valence-electron chi connectivity index (χ0n) is 11.9. The molecule has 1 rings (SSSR count). The van der Waals surface area contributed by atoms with Crippen molar-refractivity contribution in [2.24, 2.45) is 5.92 Å². The molecule has 0 saturated carbocycles. The Bertz CT molecular complexity index is 326. The van der Waals surface area contributed by atoms with Gasteiger partial charge in [-0.05, 0) is 48.6 Å². The normalized spacial score (nSPS) is 14.2. The zero-order chi connectivity index (χ0) is 13.4. The highest BCUT2D eigenvalue weighted by atomic mass is 32.2. The van der Waals surface area contributed by atoms with E-state index in [9.17, 15) is 0 Å². The molecule has 0 amide bonds. The zero-order valence-corrected chi connectivity index (χ0v) is 12.7. The van der Waals surface area contributed by atoms with Gasteiger partial charge >= 0.3 is 0 Å². The van der Waals surface area contributed by atoms with Crippen LogP contribution in [0.15, 0.2) is 24.3 Å². The van der Waals surface area contributed by atoms with Gasteiger partial charge in [-0.3, -0.25) is 0 Å². The van der Waals surface area contributed by atoms with Gasteiger partial charge in [-0.1, -0.05) is 26.0 Å². The summed E-state index contributed by atoms with van der Waals surface area (Å²) in [5.74, 6) is 2.85. The lowest BCUT2D eigenvalue weighted by Crippen LogP contribution is -2.26. The lowest BCUT2D eigenvalue weighted by Gasteiger charge is -2.20. The molecule has 2 unspecified atom stereocenters. The van der Waals surface area contributed by atoms with Crippen molar-refractivity contribution in [2.75, 3.05) is 25.7 Å². The van der Waals surface area contributed by atoms with Gasteiger partial charge < -0.3 is 10.1 Å². The van der Waals surface area contributed by atoms with Crippen LogP contribution in [0.25, 0.3) is 0 Å². The van der Waals surface area contributed by atoms with Crippen molar-refractivity contribution < 1.29 is 4.74 Å². The van der Waals surface area contributed by atoms with Crippen LogP contribution >= 0.6 is 11.8 Å². The summed E-state index contributed by atoms with van der Waals surface area (Å²) in [7, 11) is 1.70. The monoisotopic (exact) mass is 267 g/mol. The van der Waals surface area contributed by atoms with Gasteiger partial charge in [0, 0.05) is 6.04 Å². The molecule has 0 radical (unpaired) electrons. The quantitative estimate of drug-likeness (QED) is 0.775. The summed E-state index contributed by atoms with van der Waals surface area (Å²) in [4.78, 5) is 0. The molecule has 2 nitrogen and oxygen atoms in total. The minimum Gasteiger partial charge on any atom is -0.497 e. The number of ether oxygens (including phenoxy) is 1. The number of hydrogen-bond acceptors (Lipinski definition) is 3. The van der Waals surface area contributed by atoms with Crippen molar-refractivity contribution in [1.82, 2.24) is 5.32 Å². The number of methoxy groups -OCH3 is 1. The Kier molecular flexibility index (Phi) is 7.21. The maximum Gasteiger partial charge on any atom is 0.118 e. The van der Waals surface area contributed by atoms with Crippen molar-refractivity contribution in [3.8, 4) is 5.75 Å². The minimum atomic E-state index is 0.445. The van der Waals surface area contributed by atoms with E-state index in [1.165, 1.54) is 11.3 Å². The molecule has 3 heteroatoms. The van der Waals surface area contributed by atoms with Gasteiger partial charge in [0.05, 0.1) is 7.11 Å². The fourth-order valence-corrected chi connectivity index (χ4v) is 2.71. The number of hydrogen-bond donors (Lipinski definition) is 1. The van der Waals surface area contributed by atoms with Crippen molar-refractivity contribution in [2.45, 2.75) is 26.3 Å². The Morgan fingerprint density at radius 2 is 1.94 bits per heavy atom. The number of thioether (sulfide) groups is 1. The highest BCUT2D eigenvalue weighted by Gasteiger charge is 2.10. The molecule has 102 valence electrons. The van der Waals surface area contributed by atoms with Crippen LogP contribution in [0.5, 0.6) is 5.75 Å². The van der Waals surface area contributed by atoms with E-state index in [0.29, 0.717) is 12.0 Å². The Hall–Kier alpha value is -0.670. The van der Waals surface area contributed by atoms with Crippen molar-refractivity contribution >= 4 is 11.8 Å². The van der Waals surface area contributed by atoms with Crippen LogP contribution in [0.1, 0.15) is 31.9 Å². The molecule has 1 aromatic rings. The number of benzene rings is 1. The van der Waals surface area contributed by atoms with Crippen LogP contribution < -0.4 is 10.1 Å². The van der Waals surface area contributed by atoms with E-state index in [2.05, 4.69) is 37.6 Å². The topological polar surface area (TPSA) is 21.3 Å². The summed E-state index contributed by atoms with van der Waals surface area (Å²) in [6.45, 7) is 5.59. The van der Waals surface area contributed by atoms with Gasteiger partial charge in [-0.2, -0.15) is 11.8 Å². The summed E-state index contributed by atoms with van der Waals surface area (Å²) >= 11 is 1.91. The van der Waals surface area contributed by atoms with Crippen molar-refractivity contribution in [1.29, 1.82) is 0 Å². The van der Waals surface area contributed by atoms with Crippen LogP contribution in [0.3, 0.4) is 0 Å². The largest absolute Gasteiger partial charge is 0.497 e. The molecule has 0 heterocycles. The smallest absolute Gasteiger partial charge is 0.118 e. The van der Waals surface area contributed by atoms with E-state index >= 15 is 0 Å². The molecule has 0 aromatic heterocycles. The summed E-state index contributed by atoms with van der Waals surface area (Å²) < 4.78 is 5.19. The first-order valence-corrected chi connectivity index (χ1v) is 7.96. The summed E-state index contributed by atoms with van der Waals surface area (Å²) in [6.07, 6.45) is 3.27. The molecule has 0 saturated heterocycles. The number of rotatable bonds is 8. The van der Waals surface area contributed by atoms with E-state index in [0.717, 1.165) is 18.7 Å². The lowest BCUT2D eigenvalue weighted by atomic mass is 10.0. The average Bonchev–Trinajstić information content (AvgIpc) is 2.40. The Balaban J connectivity index is 2.53. The molecule has 0 aliphatic carbocycles. The minimum absolute atomic E-state index is 0.445. The fourth-order valence-electron chi connectivity index (χ4n) is 2.02. The first-order chi connectivity index (χ1) is 8.71. The van der Waals surface area contributed by atoms with Gasteiger partial charge in [-0.25, -0.2) is 0 Å². The van der Waals surface area contributed by atoms with Crippen LogP contribution in [0.4, 0.5) is 0 Å². The van der Waals surface area contributed by atoms with E-state index in [4.69, 9.17) is 4.74 Å². The predicted molar refractivity (Wildman–Crippen MR) is 81.6 cm³/mol. The third-order valence-corrected chi connectivity index (χ3v) is 3.99. The molecule has 2 atom stereocenters. The van der Waals surface area contributed by atoms with E-state index < -0.39 is 0 Å². The molecule has 0 aliphatic rings. The van der Waals surface area contributed by atoms with Crippen molar-refractivity contribution in [3.63, 3.8) is 0 Å². The molecule has 0 fully saturated rings. The molecule has 0 spiro atoms. The molecule has 1 N–H and O–H groups in total. The SMILES string of the molecule is CCC(NCC(C)CSC)c1ccc(OC)cc1. The highest BCUT2D eigenvalue weighted by molar-refractivity contribution is 7.98. The Morgan fingerprint density at radius 1 is 1.28 bits per heavy atom. The molecule has 0 aliphatic heterocycles. The van der Waals surface area contributed by atoms with E-state index in [-0.39, 0.29) is 0 Å². The lowest BCUT2D eigenvalue weighted by molar-refractivity contribution is 0.414. The second-order valence-corrected chi connectivity index (χ2v) is 5.61. The van der Waals surface area contributed by atoms with Gasteiger partial charge in [0.2, 0.25) is 0 Å². The molecule has 0 bridgehead atoms. The summed E-state index contributed by atoms with van der Waals surface area (Å²) in [5.41, 5.74) is 1.34. The van der Waals surface area contributed by atoms with Crippen LogP contribution in [-0.4, -0.2) is 25.7 Å². The third-order valence-electron chi connectivity index (χ3n) is 3.09. The van der Waals surface area contributed by atoms with Gasteiger partial charge in [0.1, 0.15) is 5.75 Å². The van der Waals surface area contributed by atoms with Crippen LogP contribution in [-0.2, 0) is 0 Å². The first kappa shape index (κ1) is 15.4. The van der Waals surface area contributed by atoms with Gasteiger partial charge in [0.15, 0.2) is 0 Å². The number of nitrogens with one attached hydrogen (secondary N) is 1. The standard InChI is InChI=1S/C15H25NOS/c1-5-15(16-10-12(2)11-18-4)13-6-8-14(17-3)9-7-13/h6-9,12,15-16H,5,10-11H2,1-4H3. The summed E-state index contributed by atoms with van der Waals surface area (Å²) in [6, 6.07) is 8.81. The maximum absolute atomic E-state index is 5.19. The predicted octanol–water partition coefficient (Wildman–Crippen LogP) is 3.74. The maximum atomic E-state index is 5.19. The molecule has 18 heavy (non-hydrogen) atoms. The van der Waals surface area contributed by atoms with Gasteiger partial charge in [-0.15, -0.1) is 0 Å². The van der Waals surface area contributed by atoms with Crippen LogP contribution in [0, 0.1) is 5.92 Å². The fraction of sp³-hybridized carbons (Fsp3) is 0.600. The Morgan fingerprint density at radius 3 is 2.44 bits per heavy atom. The third kappa shape index (κ3) is 4.91. The first-order valence-electron chi connectivity index (χ1n) is 6.57. The van der Waals surface area contributed by atoms with Crippen molar-refractivity contribution in [3.05, 3.63) is 29.8 Å². The average molecular weight is 267 g/mol.